The van der Waals surface area contributed by atoms with Gasteiger partial charge in [0.2, 0.25) is 17.8 Å². The summed E-state index contributed by atoms with van der Waals surface area (Å²) in [4.78, 5) is 25.7. The number of nitrogens with two attached hydrogens (primary N) is 1. The second-order valence-electron chi connectivity index (χ2n) is 11.0. The number of nitrogens with one attached hydrogen (secondary N) is 2. The number of anilines is 3. The van der Waals surface area contributed by atoms with Gasteiger partial charge in [-0.25, -0.2) is 14.4 Å². The van der Waals surface area contributed by atoms with Gasteiger partial charge in [0.25, 0.3) is 0 Å². The van der Waals surface area contributed by atoms with E-state index in [2.05, 4.69) is 34.4 Å². The highest BCUT2D eigenvalue weighted by Crippen LogP contribution is 2.39. The standard InChI is InChI=1S/C26H33ClFN7O2/c1-26(2)11-10-15(12-20(26)36)31-24-30-13-19-23(34-24)35(16-8-6-14(7-9-16)22(29)37)25(32-19)33-21-17(27)4-3-5-18(21)28/h3-5,13-16,20,36H,6-12H2,1-2H3,(H2,29,37)(H,32,33)(H,30,31,34)/t14-,15?,16+,20-/m1/s1. The van der Waals surface area contributed by atoms with Gasteiger partial charge in [0.1, 0.15) is 11.3 Å². The second kappa shape index (κ2) is 10.1. The molecule has 2 aromatic heterocycles. The molecule has 0 aliphatic heterocycles. The monoisotopic (exact) mass is 529 g/mol. The Labute approximate surface area is 220 Å². The van der Waals surface area contributed by atoms with Crippen molar-refractivity contribution in [3.8, 4) is 0 Å². The van der Waals surface area contributed by atoms with Crippen molar-refractivity contribution in [3.05, 3.63) is 35.2 Å². The summed E-state index contributed by atoms with van der Waals surface area (Å²) in [6.07, 6.45) is 6.38. The number of rotatable bonds is 6. The Morgan fingerprint density at radius 3 is 2.65 bits per heavy atom. The maximum Gasteiger partial charge on any atom is 0.224 e. The number of primary amides is 1. The predicted molar refractivity (Wildman–Crippen MR) is 141 cm³/mol. The minimum Gasteiger partial charge on any atom is -0.392 e. The summed E-state index contributed by atoms with van der Waals surface area (Å²) in [5.41, 5.74) is 6.73. The lowest BCUT2D eigenvalue weighted by molar-refractivity contribution is -0.122. The average molecular weight is 530 g/mol. The number of hydrogen-bond donors (Lipinski definition) is 4. The second-order valence-corrected chi connectivity index (χ2v) is 11.4. The summed E-state index contributed by atoms with van der Waals surface area (Å²) < 4.78 is 16.6. The maximum absolute atomic E-state index is 14.6. The number of aliphatic hydroxyl groups is 1. The smallest absolute Gasteiger partial charge is 0.224 e. The van der Waals surface area contributed by atoms with Crippen molar-refractivity contribution < 1.29 is 14.3 Å². The first-order valence-electron chi connectivity index (χ1n) is 12.8. The van der Waals surface area contributed by atoms with Crippen LogP contribution >= 0.6 is 11.6 Å². The van der Waals surface area contributed by atoms with E-state index < -0.39 is 11.9 Å². The van der Waals surface area contributed by atoms with Crippen LogP contribution in [0.4, 0.5) is 22.0 Å². The fraction of sp³-hybridized carbons (Fsp3) is 0.538. The van der Waals surface area contributed by atoms with E-state index in [1.54, 1.807) is 18.3 Å². The molecular formula is C26H33ClFN7O2. The van der Waals surface area contributed by atoms with Crippen molar-refractivity contribution in [2.45, 2.75) is 77.0 Å². The molecule has 1 amide bonds. The number of hydrogen-bond acceptors (Lipinski definition) is 7. The highest BCUT2D eigenvalue weighted by atomic mass is 35.5. The van der Waals surface area contributed by atoms with E-state index >= 15 is 0 Å². The summed E-state index contributed by atoms with van der Waals surface area (Å²) in [7, 11) is 0. The van der Waals surface area contributed by atoms with Crippen molar-refractivity contribution in [2.24, 2.45) is 17.1 Å². The number of carbonyl (C=O) groups excluding carboxylic acids is 1. The highest BCUT2D eigenvalue weighted by molar-refractivity contribution is 6.33. The first kappa shape index (κ1) is 25.7. The summed E-state index contributed by atoms with van der Waals surface area (Å²) in [6.45, 7) is 4.16. The molecule has 2 saturated carbocycles. The van der Waals surface area contributed by atoms with Crippen molar-refractivity contribution >= 4 is 46.3 Å². The third kappa shape index (κ3) is 5.22. The number of amides is 1. The Balaban J connectivity index is 1.49. The Bertz CT molecular complexity index is 1290. The number of imidazole rings is 1. The average Bonchev–Trinajstić information content (AvgIpc) is 3.21. The van der Waals surface area contributed by atoms with E-state index in [0.717, 1.165) is 12.8 Å². The van der Waals surface area contributed by atoms with E-state index in [0.29, 0.717) is 55.2 Å². The molecule has 0 saturated heterocycles. The Morgan fingerprint density at radius 2 is 1.97 bits per heavy atom. The molecule has 5 N–H and O–H groups in total. The van der Waals surface area contributed by atoms with E-state index in [4.69, 9.17) is 22.3 Å². The first-order chi connectivity index (χ1) is 17.6. The van der Waals surface area contributed by atoms with Crippen LogP contribution < -0.4 is 16.4 Å². The number of halogens is 2. The molecule has 2 heterocycles. The summed E-state index contributed by atoms with van der Waals surface area (Å²) >= 11 is 6.29. The molecule has 0 radical (unpaired) electrons. The summed E-state index contributed by atoms with van der Waals surface area (Å²) in [5.74, 6) is -0.0668. The van der Waals surface area contributed by atoms with Crippen LogP contribution in [-0.2, 0) is 4.79 Å². The Morgan fingerprint density at radius 1 is 1.22 bits per heavy atom. The molecule has 1 unspecified atom stereocenters. The molecule has 3 aromatic rings. The summed E-state index contributed by atoms with van der Waals surface area (Å²) in [5, 5.41) is 17.2. The van der Waals surface area contributed by atoms with E-state index in [9.17, 15) is 14.3 Å². The van der Waals surface area contributed by atoms with Gasteiger partial charge >= 0.3 is 0 Å². The van der Waals surface area contributed by atoms with Crippen LogP contribution in [0, 0.1) is 17.2 Å². The molecule has 2 fully saturated rings. The molecular weight excluding hydrogens is 497 g/mol. The van der Waals surface area contributed by atoms with Gasteiger partial charge in [0, 0.05) is 18.0 Å². The van der Waals surface area contributed by atoms with Crippen molar-refractivity contribution in [3.63, 3.8) is 0 Å². The van der Waals surface area contributed by atoms with Gasteiger partial charge in [0.15, 0.2) is 5.65 Å². The molecule has 11 heteroatoms. The van der Waals surface area contributed by atoms with E-state index in [-0.39, 0.29) is 40.0 Å². The lowest BCUT2D eigenvalue weighted by Crippen LogP contribution is -2.41. The molecule has 5 rings (SSSR count). The van der Waals surface area contributed by atoms with Crippen LogP contribution in [0.2, 0.25) is 5.02 Å². The van der Waals surface area contributed by atoms with Gasteiger partial charge in [0.05, 0.1) is 23.0 Å². The Hall–Kier alpha value is -2.98. The van der Waals surface area contributed by atoms with Crippen LogP contribution in [0.5, 0.6) is 0 Å². The number of aromatic nitrogens is 4. The lowest BCUT2D eigenvalue weighted by Gasteiger charge is -2.39. The first-order valence-corrected chi connectivity index (χ1v) is 13.2. The number of nitrogens with zero attached hydrogens (tertiary/aromatic N) is 4. The summed E-state index contributed by atoms with van der Waals surface area (Å²) in [6, 6.07) is 4.52. The number of carbonyl (C=O) groups is 1. The van der Waals surface area contributed by atoms with Gasteiger partial charge < -0.3 is 21.5 Å². The van der Waals surface area contributed by atoms with Gasteiger partial charge in [-0.15, -0.1) is 0 Å². The zero-order valence-corrected chi connectivity index (χ0v) is 21.8. The SMILES string of the molecule is CC1(C)CCC(Nc2ncc3nc(Nc4c(F)cccc4Cl)n([C@H]4CC[C@@H](C(N)=O)CC4)c3n2)C[C@H]1O. The minimum absolute atomic E-state index is 0.0197. The number of para-hydroxylation sites is 1. The number of fused-ring (bicyclic) bond motifs is 1. The van der Waals surface area contributed by atoms with Crippen molar-refractivity contribution in [1.29, 1.82) is 0 Å². The van der Waals surface area contributed by atoms with Crippen molar-refractivity contribution in [1.82, 2.24) is 19.5 Å². The fourth-order valence-electron chi connectivity index (χ4n) is 5.47. The van der Waals surface area contributed by atoms with Gasteiger partial charge in [-0.05, 0) is 62.5 Å². The third-order valence-electron chi connectivity index (χ3n) is 7.98. The van der Waals surface area contributed by atoms with Crippen LogP contribution in [0.25, 0.3) is 11.2 Å². The quantitative estimate of drug-likeness (QED) is 0.356. The van der Waals surface area contributed by atoms with Crippen LogP contribution in [0.1, 0.15) is 64.8 Å². The molecule has 2 aliphatic carbocycles. The molecule has 1 aromatic carbocycles. The van der Waals surface area contributed by atoms with Crippen molar-refractivity contribution in [2.75, 3.05) is 10.6 Å². The van der Waals surface area contributed by atoms with Gasteiger partial charge in [-0.3, -0.25) is 9.36 Å². The third-order valence-corrected chi connectivity index (χ3v) is 8.29. The lowest BCUT2D eigenvalue weighted by atomic mass is 9.73. The largest absolute Gasteiger partial charge is 0.392 e. The molecule has 9 nitrogen and oxygen atoms in total. The Kier molecular flexibility index (Phi) is 6.97. The number of benzene rings is 1. The van der Waals surface area contributed by atoms with E-state index in [1.165, 1.54) is 6.07 Å². The topological polar surface area (TPSA) is 131 Å². The highest BCUT2D eigenvalue weighted by Gasteiger charge is 2.35. The zero-order valence-electron chi connectivity index (χ0n) is 21.0. The molecule has 37 heavy (non-hydrogen) atoms. The van der Waals surface area contributed by atoms with Crippen LogP contribution in [0.3, 0.4) is 0 Å². The zero-order chi connectivity index (χ0) is 26.3. The van der Waals surface area contributed by atoms with Crippen LogP contribution in [-0.4, -0.2) is 42.7 Å². The minimum atomic E-state index is -0.490. The molecule has 0 bridgehead atoms. The number of aliphatic hydroxyl groups excluding tert-OH is 1. The normalized spacial score (nSPS) is 25.6. The molecule has 198 valence electrons. The predicted octanol–water partition coefficient (Wildman–Crippen LogP) is 4.93. The molecule has 2 aliphatic rings. The molecule has 0 spiro atoms. The van der Waals surface area contributed by atoms with Gasteiger partial charge in [-0.2, -0.15) is 4.98 Å². The van der Waals surface area contributed by atoms with E-state index in [1.807, 2.05) is 4.57 Å². The van der Waals surface area contributed by atoms with Crippen LogP contribution in [0.15, 0.2) is 24.4 Å². The molecule has 2 atom stereocenters. The van der Waals surface area contributed by atoms with Gasteiger partial charge in [-0.1, -0.05) is 31.5 Å². The fourth-order valence-corrected chi connectivity index (χ4v) is 5.69. The maximum atomic E-state index is 14.6.